The molecular formula is C18H19N3O5. The van der Waals surface area contributed by atoms with Crippen LogP contribution in [0.2, 0.25) is 0 Å². The molecule has 2 aliphatic heterocycles. The highest BCUT2D eigenvalue weighted by Crippen LogP contribution is 2.28. The lowest BCUT2D eigenvalue weighted by molar-refractivity contribution is 0.0674. The molecule has 1 amide bonds. The third-order valence-corrected chi connectivity index (χ3v) is 4.87. The highest BCUT2D eigenvalue weighted by Gasteiger charge is 2.30. The molecule has 1 aromatic carbocycles. The molecule has 0 aliphatic carbocycles. The number of nitrogens with zero attached hydrogens (tertiary/aromatic N) is 3. The lowest BCUT2D eigenvalue weighted by Gasteiger charge is -2.28. The van der Waals surface area contributed by atoms with Crippen LogP contribution in [0.4, 0.5) is 0 Å². The lowest BCUT2D eigenvalue weighted by Crippen LogP contribution is -2.36. The van der Waals surface area contributed by atoms with Crippen LogP contribution in [0.3, 0.4) is 0 Å². The molecule has 2 N–H and O–H groups in total. The number of aliphatic hydroxyl groups is 1. The van der Waals surface area contributed by atoms with Crippen molar-refractivity contribution in [3.05, 3.63) is 46.3 Å². The molecule has 0 saturated heterocycles. The van der Waals surface area contributed by atoms with E-state index < -0.39 is 5.97 Å². The Labute approximate surface area is 149 Å². The Kier molecular flexibility index (Phi) is 4.12. The van der Waals surface area contributed by atoms with Gasteiger partial charge in [-0.05, 0) is 23.8 Å². The molecule has 136 valence electrons. The molecule has 26 heavy (non-hydrogen) atoms. The Morgan fingerprint density at radius 1 is 1.27 bits per heavy atom. The van der Waals surface area contributed by atoms with Gasteiger partial charge >= 0.3 is 5.97 Å². The largest absolute Gasteiger partial charge is 0.493 e. The summed E-state index contributed by atoms with van der Waals surface area (Å²) in [7, 11) is 0. The number of benzene rings is 1. The van der Waals surface area contributed by atoms with Gasteiger partial charge in [-0.15, -0.1) is 0 Å². The lowest BCUT2D eigenvalue weighted by atomic mass is 10.0. The van der Waals surface area contributed by atoms with Crippen molar-refractivity contribution in [3.63, 3.8) is 0 Å². The fourth-order valence-corrected chi connectivity index (χ4v) is 3.62. The van der Waals surface area contributed by atoms with E-state index in [0.29, 0.717) is 30.7 Å². The Morgan fingerprint density at radius 2 is 2.12 bits per heavy atom. The molecular weight excluding hydrogens is 338 g/mol. The van der Waals surface area contributed by atoms with Crippen LogP contribution >= 0.6 is 0 Å². The number of rotatable bonds is 4. The van der Waals surface area contributed by atoms with Crippen molar-refractivity contribution in [2.45, 2.75) is 25.9 Å². The minimum absolute atomic E-state index is 0.0479. The van der Waals surface area contributed by atoms with Crippen LogP contribution in [0.1, 0.15) is 37.7 Å². The van der Waals surface area contributed by atoms with Gasteiger partial charge in [-0.2, -0.15) is 5.10 Å². The Hall–Kier alpha value is -2.87. The molecule has 1 aromatic heterocycles. The Morgan fingerprint density at radius 3 is 2.88 bits per heavy atom. The summed E-state index contributed by atoms with van der Waals surface area (Å²) in [6.45, 7) is 1.44. The van der Waals surface area contributed by atoms with E-state index in [2.05, 4.69) is 5.10 Å². The first-order valence-electron chi connectivity index (χ1n) is 8.56. The number of hydrogen-bond donors (Lipinski definition) is 2. The minimum Gasteiger partial charge on any atom is -0.493 e. The first-order chi connectivity index (χ1) is 12.6. The van der Waals surface area contributed by atoms with Crippen LogP contribution in [0.15, 0.2) is 18.2 Å². The first-order valence-corrected chi connectivity index (χ1v) is 8.56. The van der Waals surface area contributed by atoms with Gasteiger partial charge in [0.2, 0.25) is 0 Å². The van der Waals surface area contributed by atoms with Gasteiger partial charge in [-0.3, -0.25) is 9.48 Å². The number of carboxylic acid groups (broad SMARTS) is 1. The van der Waals surface area contributed by atoms with Crippen molar-refractivity contribution in [1.82, 2.24) is 14.7 Å². The van der Waals surface area contributed by atoms with Crippen molar-refractivity contribution in [2.75, 3.05) is 19.8 Å². The molecule has 3 heterocycles. The summed E-state index contributed by atoms with van der Waals surface area (Å²) >= 11 is 0. The molecule has 0 atom stereocenters. The van der Waals surface area contributed by atoms with E-state index in [1.807, 2.05) is 12.1 Å². The standard InChI is InChI=1S/C18H19N3O5/c22-7-6-21-14-3-5-20(10-13(14)16(19-21)18(24)25)17(23)12-1-2-15-11(9-12)4-8-26-15/h1-2,9,22H,3-8,10H2,(H,24,25). The number of carbonyl (C=O) groups is 2. The zero-order valence-corrected chi connectivity index (χ0v) is 14.1. The van der Waals surface area contributed by atoms with Crippen LogP contribution in [-0.4, -0.2) is 56.5 Å². The van der Waals surface area contributed by atoms with Crippen molar-refractivity contribution in [2.24, 2.45) is 0 Å². The van der Waals surface area contributed by atoms with Crippen molar-refractivity contribution in [3.8, 4) is 5.75 Å². The Bertz CT molecular complexity index is 889. The van der Waals surface area contributed by atoms with Crippen molar-refractivity contribution < 1.29 is 24.5 Å². The third-order valence-electron chi connectivity index (χ3n) is 4.87. The van der Waals surface area contributed by atoms with Gasteiger partial charge in [0.25, 0.3) is 5.91 Å². The maximum absolute atomic E-state index is 12.9. The fourth-order valence-electron chi connectivity index (χ4n) is 3.62. The molecule has 0 spiro atoms. The number of aromatic carboxylic acids is 1. The van der Waals surface area contributed by atoms with E-state index in [1.165, 1.54) is 4.68 Å². The average molecular weight is 357 g/mol. The topological polar surface area (TPSA) is 105 Å². The van der Waals surface area contributed by atoms with E-state index in [-0.39, 0.29) is 31.3 Å². The maximum Gasteiger partial charge on any atom is 0.356 e. The van der Waals surface area contributed by atoms with Crippen molar-refractivity contribution in [1.29, 1.82) is 0 Å². The number of carboxylic acids is 1. The quantitative estimate of drug-likeness (QED) is 0.835. The maximum atomic E-state index is 12.9. The van der Waals surface area contributed by atoms with Crippen molar-refractivity contribution >= 4 is 11.9 Å². The van der Waals surface area contributed by atoms with E-state index in [0.717, 1.165) is 23.4 Å². The second kappa shape index (κ2) is 6.45. The van der Waals surface area contributed by atoms with Crippen LogP contribution in [0.25, 0.3) is 0 Å². The summed E-state index contributed by atoms with van der Waals surface area (Å²) in [4.78, 5) is 26.1. The molecule has 8 nitrogen and oxygen atoms in total. The second-order valence-corrected chi connectivity index (χ2v) is 6.42. The molecule has 0 fully saturated rings. The van der Waals surface area contributed by atoms with E-state index in [9.17, 15) is 14.7 Å². The summed E-state index contributed by atoms with van der Waals surface area (Å²) in [6, 6.07) is 5.41. The van der Waals surface area contributed by atoms with Gasteiger partial charge in [-0.25, -0.2) is 4.79 Å². The summed E-state index contributed by atoms with van der Waals surface area (Å²) in [5.74, 6) is -0.431. The van der Waals surface area contributed by atoms with Gasteiger partial charge in [0, 0.05) is 36.2 Å². The summed E-state index contributed by atoms with van der Waals surface area (Å²) in [6.07, 6.45) is 1.30. The van der Waals surface area contributed by atoms with E-state index >= 15 is 0 Å². The normalized spacial score (nSPS) is 15.3. The average Bonchev–Trinajstić information content (AvgIpc) is 3.25. The number of fused-ring (bicyclic) bond motifs is 2. The molecule has 2 aliphatic rings. The number of aromatic nitrogens is 2. The summed E-state index contributed by atoms with van der Waals surface area (Å²) in [5, 5.41) is 22.7. The number of amides is 1. The first kappa shape index (κ1) is 16.6. The molecule has 8 heteroatoms. The predicted octanol–water partition coefficient (Wildman–Crippen LogP) is 0.707. The van der Waals surface area contributed by atoms with Crippen LogP contribution in [-0.2, 0) is 25.9 Å². The van der Waals surface area contributed by atoms with Crippen LogP contribution in [0.5, 0.6) is 5.75 Å². The fraction of sp³-hybridized carbons (Fsp3) is 0.389. The third kappa shape index (κ3) is 2.72. The van der Waals surface area contributed by atoms with Crippen LogP contribution in [0, 0.1) is 0 Å². The molecule has 0 saturated carbocycles. The zero-order chi connectivity index (χ0) is 18.3. The second-order valence-electron chi connectivity index (χ2n) is 6.42. The SMILES string of the molecule is O=C(O)c1nn(CCO)c2c1CN(C(=O)c1ccc3c(c1)CCO3)CC2. The van der Waals surface area contributed by atoms with Gasteiger partial charge in [0.15, 0.2) is 5.69 Å². The minimum atomic E-state index is -1.12. The van der Waals surface area contributed by atoms with Gasteiger partial charge in [0.1, 0.15) is 5.75 Å². The highest BCUT2D eigenvalue weighted by atomic mass is 16.5. The number of aliphatic hydroxyl groups excluding tert-OH is 1. The predicted molar refractivity (Wildman–Crippen MR) is 90.4 cm³/mol. The van der Waals surface area contributed by atoms with Gasteiger partial charge < -0.3 is 19.8 Å². The summed E-state index contributed by atoms with van der Waals surface area (Å²) < 4.78 is 7.01. The number of ether oxygens (including phenoxy) is 1. The zero-order valence-electron chi connectivity index (χ0n) is 14.1. The Balaban J connectivity index is 1.61. The van der Waals surface area contributed by atoms with Gasteiger partial charge in [-0.1, -0.05) is 0 Å². The monoisotopic (exact) mass is 357 g/mol. The molecule has 2 aromatic rings. The number of hydrogen-bond acceptors (Lipinski definition) is 5. The number of carbonyl (C=O) groups excluding carboxylic acids is 1. The van der Waals surface area contributed by atoms with E-state index in [1.54, 1.807) is 11.0 Å². The molecule has 0 bridgehead atoms. The highest BCUT2D eigenvalue weighted by molar-refractivity contribution is 5.95. The smallest absolute Gasteiger partial charge is 0.356 e. The summed E-state index contributed by atoms with van der Waals surface area (Å²) in [5.41, 5.74) is 2.89. The van der Waals surface area contributed by atoms with Crippen LogP contribution < -0.4 is 4.74 Å². The molecule has 0 unspecified atom stereocenters. The molecule has 4 rings (SSSR count). The molecule has 0 radical (unpaired) electrons. The van der Waals surface area contributed by atoms with Gasteiger partial charge in [0.05, 0.1) is 26.3 Å². The van der Waals surface area contributed by atoms with E-state index in [4.69, 9.17) is 9.84 Å².